The van der Waals surface area contributed by atoms with Gasteiger partial charge in [-0.2, -0.15) is 0 Å². The van der Waals surface area contributed by atoms with Crippen LogP contribution in [0, 0.1) is 41.4 Å². The van der Waals surface area contributed by atoms with Gasteiger partial charge in [0.1, 0.15) is 69.4 Å². The van der Waals surface area contributed by atoms with E-state index in [1.54, 1.807) is 42.5 Å². The van der Waals surface area contributed by atoms with E-state index in [9.17, 15) is 35.4 Å². The van der Waals surface area contributed by atoms with E-state index >= 15 is 0 Å². The quantitative estimate of drug-likeness (QED) is 0.0531. The maximum atomic E-state index is 11.7. The normalized spacial score (nSPS) is 21.7. The molecule has 0 saturated carbocycles. The van der Waals surface area contributed by atoms with E-state index in [0.29, 0.717) is 93.7 Å². The molecule has 149 heavy (non-hydrogen) atoms. The van der Waals surface area contributed by atoms with Crippen LogP contribution in [0.4, 0.5) is 34.9 Å². The summed E-state index contributed by atoms with van der Waals surface area (Å²) in [6.07, 6.45) is 27.6. The summed E-state index contributed by atoms with van der Waals surface area (Å²) in [4.78, 5) is 84.2. The number of aromatic hydroxyl groups is 6. The van der Waals surface area contributed by atoms with Crippen molar-refractivity contribution in [3.8, 4) is 103 Å². The number of hydrogen-bond acceptors (Lipinski definition) is 28. The number of aromatic nitrogens is 12. The first-order valence-electron chi connectivity index (χ1n) is 54.7. The summed E-state index contributed by atoms with van der Waals surface area (Å²) < 4.78 is 11.4. The number of anilines is 6. The number of amides is 1. The number of benzene rings is 6. The molecule has 0 radical (unpaired) electrons. The Morgan fingerprint density at radius 1 is 0.289 bits per heavy atom. The number of phenols is 6. The Bertz CT molecular complexity index is 6330. The number of nitrogens with one attached hydrogen (secondary N) is 1. The van der Waals surface area contributed by atoms with Gasteiger partial charge >= 0.3 is 0 Å². The zero-order chi connectivity index (χ0) is 103. The molecular weight excluding hydrogens is 1870 g/mol. The number of nitrogens with two attached hydrogens (primary N) is 1. The maximum absolute atomic E-state index is 11.7. The lowest BCUT2D eigenvalue weighted by Crippen LogP contribution is -2.46. The topological polar surface area (TPSA) is 369 Å². The standard InChI is InChI=1S/C21H26N4O2.C21H27N3O2.C20H25N3O.C19H24N4O.C19H23N3O2.C19H23N3O.CH4/c1-13-8-9-15-17(11-13)23-20(16-6-2-3-7-18(16)26)24-21(15)25-10-4-5-14(12-25)19(22)27;1-13-8-9-16-18(10-13)22-20(17-6-4-5-7-19(17)25)23-21(16)24-11-14(2)26-15(3)12-24;1-14-9-10-15-17(13-14)21-19(16-7-3-4-8-18(16)24)22-20(15)23-11-5-2-6-12-23;1-13-6-7-14-16(12-13)21-18(15-4-2-3-5-17(15)24)22-19(14)23-10-8-20-9-11-23;1-13-6-7-14-16(12-13)20-18(15-4-2-3-5-17(15)23)21-19(14)22-8-10-24-11-9-22;1-13-8-9-14-16(12-13)20-18(15-6-2-3-7-17(15)23)21-19(14)22-10-4-5-11-22;/h2-3,6-7,13-14,26H,4-5,8-12H2,1H3,(H2,22,27);4-7,13-15,25H,8-12H2,1-3H3;3-4,7-8,14,24H,2,5-6,9-13H2,1H3;2-5,13,20,24H,6-12H2,1H3;2-5,13,23H,6-12H2,1H3;2-3,6-7,13,23H,4-5,8-12H2,1H3;1H4. The highest BCUT2D eigenvalue weighted by Gasteiger charge is 2.37. The molecule has 0 spiro atoms. The third-order valence-electron chi connectivity index (χ3n) is 31.5. The molecule has 6 aliphatic carbocycles. The first-order chi connectivity index (χ1) is 71.9. The van der Waals surface area contributed by atoms with Crippen molar-refractivity contribution in [1.82, 2.24) is 65.1 Å². The number of hydrogen-bond donors (Lipinski definition) is 8. The number of carbonyl (C=O) groups excluding carboxylic acids is 1. The number of nitrogens with zero attached hydrogens (tertiary/aromatic N) is 18. The van der Waals surface area contributed by atoms with Crippen LogP contribution < -0.4 is 40.4 Å². The van der Waals surface area contributed by atoms with Crippen molar-refractivity contribution < 1.29 is 44.9 Å². The molecule has 9 N–H and O–H groups in total. The van der Waals surface area contributed by atoms with Crippen LogP contribution in [-0.2, 0) is 91.3 Å². The average Bonchev–Trinajstić information content (AvgIpc) is 1.44. The lowest BCUT2D eigenvalue weighted by Gasteiger charge is -2.38. The number of phenolic OH excluding ortho intramolecular Hbond substituents is 6. The minimum atomic E-state index is -0.239. The van der Waals surface area contributed by atoms with Crippen molar-refractivity contribution in [2.24, 2.45) is 47.2 Å². The first-order valence-corrected chi connectivity index (χ1v) is 54.7. The van der Waals surface area contributed by atoms with Crippen LogP contribution in [0.15, 0.2) is 146 Å². The Kier molecular flexibility index (Phi) is 34.4. The summed E-state index contributed by atoms with van der Waals surface area (Å²) in [6, 6.07) is 43.9. The van der Waals surface area contributed by atoms with Crippen molar-refractivity contribution >= 4 is 40.8 Å². The summed E-state index contributed by atoms with van der Waals surface area (Å²) in [5.41, 5.74) is 24.4. The third-order valence-corrected chi connectivity index (χ3v) is 31.5. The zero-order valence-corrected chi connectivity index (χ0v) is 87.6. The fourth-order valence-corrected chi connectivity index (χ4v) is 23.3. The maximum Gasteiger partial charge on any atom is 0.222 e. The van der Waals surface area contributed by atoms with Gasteiger partial charge in [0.15, 0.2) is 34.9 Å². The molecule has 24 rings (SSSR count). The Hall–Kier alpha value is -13.3. The highest BCUT2D eigenvalue weighted by molar-refractivity contribution is 5.78. The molecule has 1 amide bonds. The van der Waals surface area contributed by atoms with Crippen LogP contribution >= 0.6 is 0 Å². The molecule has 0 bridgehead atoms. The predicted octanol–water partition coefficient (Wildman–Crippen LogP) is 19.6. The SMILES string of the molecule is C.CC1CCc2c(nc(-c3ccccc3O)nc2N2CC(C)OC(C)C2)C1.CC1CCc2c(nc(-c3ccccc3O)nc2N2CCCC(C(N)=O)C2)C1.CC1CCc2c(nc(-c3ccccc3O)nc2N2CCCC2)C1.CC1CCc2c(nc(-c3ccccc3O)nc2N2CCCCC2)C1.CC1CCc2c(nc(-c3ccccc3O)nc2N2CCNCC2)C1.CC1CCc2c(nc(-c3ccccc3O)nc2N2CCOCC2)C1. The highest BCUT2D eigenvalue weighted by atomic mass is 16.5. The molecule has 12 heterocycles. The van der Waals surface area contributed by atoms with E-state index < -0.39 is 0 Å². The highest BCUT2D eigenvalue weighted by Crippen LogP contribution is 2.45. The van der Waals surface area contributed by atoms with Crippen LogP contribution in [0.3, 0.4) is 0 Å². The molecule has 9 atom stereocenters. The molecule has 6 saturated heterocycles. The Morgan fingerprint density at radius 2 is 0.523 bits per heavy atom. The summed E-state index contributed by atoms with van der Waals surface area (Å²) in [5, 5.41) is 64.8. The van der Waals surface area contributed by atoms with Crippen molar-refractivity contribution in [2.75, 3.05) is 134 Å². The number of rotatable bonds is 13. The van der Waals surface area contributed by atoms with Gasteiger partial charge in [0.2, 0.25) is 5.91 Å². The monoisotopic (exact) mass is 2020 g/mol. The number of morpholine rings is 2. The van der Waals surface area contributed by atoms with E-state index in [2.05, 4.69) is 90.1 Å². The first kappa shape index (κ1) is 106. The smallest absolute Gasteiger partial charge is 0.222 e. The summed E-state index contributed by atoms with van der Waals surface area (Å²) >= 11 is 0. The van der Waals surface area contributed by atoms with Gasteiger partial charge in [0.05, 0.1) is 98.9 Å². The minimum absolute atomic E-state index is 0. The van der Waals surface area contributed by atoms with Crippen LogP contribution in [-0.4, -0.2) is 213 Å². The van der Waals surface area contributed by atoms with Gasteiger partial charge in [-0.1, -0.05) is 122 Å². The molecule has 786 valence electrons. The van der Waals surface area contributed by atoms with Crippen molar-refractivity contribution in [3.63, 3.8) is 0 Å². The molecule has 9 unspecified atom stereocenters. The van der Waals surface area contributed by atoms with E-state index in [-0.39, 0.29) is 66.0 Å². The summed E-state index contributed by atoms with van der Waals surface area (Å²) in [6.45, 7) is 32.5. The second kappa shape index (κ2) is 48.6. The van der Waals surface area contributed by atoms with Crippen LogP contribution in [0.1, 0.15) is 214 Å². The number of para-hydroxylation sites is 6. The fraction of sp³-hybridized carbons (Fsp3) is 0.492. The Morgan fingerprint density at radius 3 is 0.792 bits per heavy atom. The number of ether oxygens (including phenoxy) is 2. The fourth-order valence-electron chi connectivity index (χ4n) is 23.3. The largest absolute Gasteiger partial charge is 0.507 e. The molecule has 12 aliphatic rings. The average molecular weight is 2020 g/mol. The van der Waals surface area contributed by atoms with Crippen molar-refractivity contribution in [1.29, 1.82) is 0 Å². The van der Waals surface area contributed by atoms with Crippen molar-refractivity contribution in [2.45, 2.75) is 236 Å². The van der Waals surface area contributed by atoms with Crippen LogP contribution in [0.5, 0.6) is 34.5 Å². The van der Waals surface area contributed by atoms with Gasteiger partial charge in [-0.25, -0.2) is 59.8 Å². The zero-order valence-electron chi connectivity index (χ0n) is 87.6. The lowest BCUT2D eigenvalue weighted by molar-refractivity contribution is -0.122. The van der Waals surface area contributed by atoms with E-state index in [0.717, 1.165) is 269 Å². The van der Waals surface area contributed by atoms with E-state index in [4.69, 9.17) is 75.0 Å². The van der Waals surface area contributed by atoms with Gasteiger partial charge in [-0.05, 0) is 283 Å². The van der Waals surface area contributed by atoms with Gasteiger partial charge in [-0.15, -0.1) is 0 Å². The number of primary amides is 1. The number of piperidine rings is 2. The molecule has 12 aromatic rings. The molecule has 6 aromatic heterocycles. The Labute approximate surface area is 878 Å². The number of piperazine rings is 1. The Balaban J connectivity index is 0.000000117. The summed E-state index contributed by atoms with van der Waals surface area (Å²) in [7, 11) is 0. The molecule has 29 nitrogen and oxygen atoms in total. The molecule has 6 fully saturated rings. The minimum Gasteiger partial charge on any atom is -0.507 e. The third kappa shape index (κ3) is 25.1. The van der Waals surface area contributed by atoms with Crippen LogP contribution in [0.2, 0.25) is 0 Å². The van der Waals surface area contributed by atoms with Gasteiger partial charge in [0, 0.05) is 125 Å². The van der Waals surface area contributed by atoms with Gasteiger partial charge < -0.3 is 80.6 Å². The number of carbonyl (C=O) groups is 1. The van der Waals surface area contributed by atoms with E-state index in [1.165, 1.54) is 109 Å². The van der Waals surface area contributed by atoms with Gasteiger partial charge in [-0.3, -0.25) is 4.79 Å². The second-order valence-corrected chi connectivity index (χ2v) is 43.4. The summed E-state index contributed by atoms with van der Waals surface area (Å²) in [5.74, 6) is 14.9. The molecule has 6 aliphatic heterocycles. The molecule has 6 aromatic carbocycles. The van der Waals surface area contributed by atoms with Crippen molar-refractivity contribution in [3.05, 3.63) is 213 Å². The molecule has 29 heteroatoms. The lowest BCUT2D eigenvalue weighted by atomic mass is 9.87. The second-order valence-electron chi connectivity index (χ2n) is 43.4. The van der Waals surface area contributed by atoms with Crippen LogP contribution in [0.25, 0.3) is 68.3 Å². The van der Waals surface area contributed by atoms with E-state index in [1.807, 2.05) is 103 Å². The number of fused-ring (bicyclic) bond motifs is 6. The van der Waals surface area contributed by atoms with Gasteiger partial charge in [0.25, 0.3) is 0 Å². The predicted molar refractivity (Wildman–Crippen MR) is 591 cm³/mol. The molecular formula is C120H152N20O9.